The van der Waals surface area contributed by atoms with Gasteiger partial charge in [0.15, 0.2) is 5.96 Å². The fourth-order valence-electron chi connectivity index (χ4n) is 3.34. The number of nitrogens with two attached hydrogens (primary N) is 1. The molecule has 1 fully saturated rings. The van der Waals surface area contributed by atoms with Gasteiger partial charge in [-0.1, -0.05) is 12.1 Å². The van der Waals surface area contributed by atoms with E-state index in [1.165, 1.54) is 18.4 Å². The number of hydrogen-bond acceptors (Lipinski definition) is 3. The maximum Gasteiger partial charge on any atom is 0.188 e. The molecule has 1 saturated heterocycles. The molecule has 1 aliphatic heterocycles. The first-order valence-corrected chi connectivity index (χ1v) is 8.42. The molecule has 24 heavy (non-hydrogen) atoms. The third-order valence-corrected chi connectivity index (χ3v) is 4.40. The zero-order valence-electron chi connectivity index (χ0n) is 15.2. The van der Waals surface area contributed by atoms with Crippen molar-refractivity contribution in [1.82, 2.24) is 10.2 Å². The molecule has 2 unspecified atom stereocenters. The van der Waals surface area contributed by atoms with Crippen LogP contribution in [0.1, 0.15) is 38.3 Å². The molecule has 0 bridgehead atoms. The van der Waals surface area contributed by atoms with Gasteiger partial charge in [-0.25, -0.2) is 0 Å². The highest BCUT2D eigenvalue weighted by Gasteiger charge is 2.30. The predicted molar refractivity (Wildman–Crippen MR) is 111 cm³/mol. The van der Waals surface area contributed by atoms with Crippen LogP contribution in [0.25, 0.3) is 0 Å². The van der Waals surface area contributed by atoms with E-state index in [0.29, 0.717) is 24.0 Å². The first kappa shape index (κ1) is 21.0. The van der Waals surface area contributed by atoms with Crippen molar-refractivity contribution in [2.45, 2.75) is 38.8 Å². The highest BCUT2D eigenvalue weighted by atomic mass is 127. The SMILES string of the molecule is COc1ccc(C2C(CN=C(N)NC(C)C)CCCN2C)cc1.I. The zero-order valence-corrected chi connectivity index (χ0v) is 17.5. The lowest BCUT2D eigenvalue weighted by Crippen LogP contribution is -2.40. The average molecular weight is 446 g/mol. The Morgan fingerprint density at radius 1 is 1.38 bits per heavy atom. The van der Waals surface area contributed by atoms with Gasteiger partial charge in [0.05, 0.1) is 7.11 Å². The van der Waals surface area contributed by atoms with Crippen molar-refractivity contribution < 1.29 is 4.74 Å². The minimum absolute atomic E-state index is 0. The van der Waals surface area contributed by atoms with E-state index in [2.05, 4.69) is 48.2 Å². The number of nitrogens with zero attached hydrogens (tertiary/aromatic N) is 2. The third kappa shape index (κ3) is 5.81. The Balaban J connectivity index is 0.00000288. The summed E-state index contributed by atoms with van der Waals surface area (Å²) in [4.78, 5) is 6.99. The number of ether oxygens (including phenoxy) is 1. The van der Waals surface area contributed by atoms with Crippen LogP contribution in [0.15, 0.2) is 29.3 Å². The van der Waals surface area contributed by atoms with E-state index >= 15 is 0 Å². The van der Waals surface area contributed by atoms with Gasteiger partial charge in [-0.15, -0.1) is 24.0 Å². The Bertz CT molecular complexity index is 518. The van der Waals surface area contributed by atoms with Crippen LogP contribution in [-0.2, 0) is 0 Å². The summed E-state index contributed by atoms with van der Waals surface area (Å²) in [7, 11) is 3.89. The molecule has 1 heterocycles. The molecular formula is C18H31IN4O. The summed E-state index contributed by atoms with van der Waals surface area (Å²) in [5.41, 5.74) is 7.28. The van der Waals surface area contributed by atoms with Crippen LogP contribution in [0, 0.1) is 5.92 Å². The molecule has 136 valence electrons. The van der Waals surface area contributed by atoms with Crippen LogP contribution < -0.4 is 15.8 Å². The molecular weight excluding hydrogens is 415 g/mol. The number of halogens is 1. The normalized spacial score (nSPS) is 22.1. The highest BCUT2D eigenvalue weighted by molar-refractivity contribution is 14.0. The molecule has 3 N–H and O–H groups in total. The first-order valence-electron chi connectivity index (χ1n) is 8.42. The minimum atomic E-state index is 0. The topological polar surface area (TPSA) is 62.9 Å². The van der Waals surface area contributed by atoms with Gasteiger partial charge < -0.3 is 15.8 Å². The van der Waals surface area contributed by atoms with Crippen molar-refractivity contribution in [2.75, 3.05) is 27.2 Å². The summed E-state index contributed by atoms with van der Waals surface area (Å²) >= 11 is 0. The van der Waals surface area contributed by atoms with E-state index in [-0.39, 0.29) is 24.0 Å². The molecule has 5 nitrogen and oxygen atoms in total. The lowest BCUT2D eigenvalue weighted by Gasteiger charge is -2.39. The predicted octanol–water partition coefficient (Wildman–Crippen LogP) is 3.01. The number of hydrogen-bond donors (Lipinski definition) is 2. The van der Waals surface area contributed by atoms with Crippen molar-refractivity contribution in [1.29, 1.82) is 0 Å². The molecule has 1 aromatic carbocycles. The molecule has 1 aliphatic rings. The number of aliphatic imine (C=N–C) groups is 1. The lowest BCUT2D eigenvalue weighted by molar-refractivity contribution is 0.125. The molecule has 0 aromatic heterocycles. The van der Waals surface area contributed by atoms with Gasteiger partial charge in [0.1, 0.15) is 5.75 Å². The number of methoxy groups -OCH3 is 1. The van der Waals surface area contributed by atoms with Crippen LogP contribution in [-0.4, -0.2) is 44.1 Å². The zero-order chi connectivity index (χ0) is 16.8. The van der Waals surface area contributed by atoms with Gasteiger partial charge in [0.25, 0.3) is 0 Å². The lowest BCUT2D eigenvalue weighted by atomic mass is 9.85. The Hall–Kier alpha value is -1.02. The fraction of sp³-hybridized carbons (Fsp3) is 0.611. The summed E-state index contributed by atoms with van der Waals surface area (Å²) < 4.78 is 5.27. The van der Waals surface area contributed by atoms with Crippen molar-refractivity contribution in [3.05, 3.63) is 29.8 Å². The molecule has 0 radical (unpaired) electrons. The van der Waals surface area contributed by atoms with Crippen LogP contribution >= 0.6 is 24.0 Å². The number of nitrogens with one attached hydrogen (secondary N) is 1. The third-order valence-electron chi connectivity index (χ3n) is 4.40. The largest absolute Gasteiger partial charge is 0.497 e. The number of piperidine rings is 1. The maximum atomic E-state index is 5.96. The monoisotopic (exact) mass is 446 g/mol. The van der Waals surface area contributed by atoms with Gasteiger partial charge in [0.2, 0.25) is 0 Å². The van der Waals surface area contributed by atoms with Crippen LogP contribution in [0.5, 0.6) is 5.75 Å². The van der Waals surface area contributed by atoms with Gasteiger partial charge in [-0.05, 0) is 63.9 Å². The van der Waals surface area contributed by atoms with E-state index in [0.717, 1.165) is 18.8 Å². The smallest absolute Gasteiger partial charge is 0.188 e. The molecule has 0 aliphatic carbocycles. The van der Waals surface area contributed by atoms with Gasteiger partial charge >= 0.3 is 0 Å². The second-order valence-corrected chi connectivity index (χ2v) is 6.63. The number of benzene rings is 1. The molecule has 2 rings (SSSR count). The summed E-state index contributed by atoms with van der Waals surface area (Å²) in [6.45, 7) is 6.01. The van der Waals surface area contributed by atoms with Crippen LogP contribution in [0.4, 0.5) is 0 Å². The van der Waals surface area contributed by atoms with E-state index < -0.39 is 0 Å². The van der Waals surface area contributed by atoms with Crippen LogP contribution in [0.2, 0.25) is 0 Å². The van der Waals surface area contributed by atoms with E-state index in [1.54, 1.807) is 7.11 Å². The van der Waals surface area contributed by atoms with E-state index in [1.807, 2.05) is 12.1 Å². The van der Waals surface area contributed by atoms with E-state index in [4.69, 9.17) is 10.5 Å². The molecule has 6 heteroatoms. The number of guanidine groups is 1. The van der Waals surface area contributed by atoms with Crippen molar-refractivity contribution >= 4 is 29.9 Å². The van der Waals surface area contributed by atoms with Crippen LogP contribution in [0.3, 0.4) is 0 Å². The molecule has 1 aromatic rings. The maximum absolute atomic E-state index is 5.96. The number of likely N-dealkylation sites (tertiary alicyclic amines) is 1. The van der Waals surface area contributed by atoms with Crippen molar-refractivity contribution in [3.63, 3.8) is 0 Å². The number of rotatable bonds is 5. The minimum Gasteiger partial charge on any atom is -0.497 e. The van der Waals surface area contributed by atoms with E-state index in [9.17, 15) is 0 Å². The Morgan fingerprint density at radius 3 is 2.62 bits per heavy atom. The molecule has 0 amide bonds. The van der Waals surface area contributed by atoms with Gasteiger partial charge in [0, 0.05) is 18.6 Å². The summed E-state index contributed by atoms with van der Waals surface area (Å²) in [5, 5.41) is 3.16. The van der Waals surface area contributed by atoms with Crippen molar-refractivity contribution in [2.24, 2.45) is 16.6 Å². The molecule has 0 saturated carbocycles. The summed E-state index contributed by atoms with van der Waals surface area (Å²) in [6.07, 6.45) is 2.39. The summed E-state index contributed by atoms with van der Waals surface area (Å²) in [5.74, 6) is 1.92. The standard InChI is InChI=1S/C18H30N4O.HI/c1-13(2)21-18(19)20-12-15-6-5-11-22(3)17(15)14-7-9-16(23-4)10-8-14;/h7-10,13,15,17H,5-6,11-12H2,1-4H3,(H3,19,20,21);1H. The van der Waals surface area contributed by atoms with Gasteiger partial charge in [-0.2, -0.15) is 0 Å². The second kappa shape index (κ2) is 10.1. The molecule has 2 atom stereocenters. The van der Waals surface area contributed by atoms with Gasteiger partial charge in [-0.3, -0.25) is 9.89 Å². The average Bonchev–Trinajstić information content (AvgIpc) is 2.52. The quantitative estimate of drug-likeness (QED) is 0.415. The fourth-order valence-corrected chi connectivity index (χ4v) is 3.34. The second-order valence-electron chi connectivity index (χ2n) is 6.63. The Morgan fingerprint density at radius 2 is 2.04 bits per heavy atom. The van der Waals surface area contributed by atoms with Crippen molar-refractivity contribution in [3.8, 4) is 5.75 Å². The first-order chi connectivity index (χ1) is 11.0. The molecule has 0 spiro atoms. The summed E-state index contributed by atoms with van der Waals surface area (Å²) in [6, 6.07) is 9.09. The Kier molecular flexibility index (Phi) is 8.83. The Labute approximate surface area is 163 Å². The highest BCUT2D eigenvalue weighted by Crippen LogP contribution is 2.35.